The van der Waals surface area contributed by atoms with E-state index < -0.39 is 0 Å². The lowest BCUT2D eigenvalue weighted by atomic mass is 10.0. The van der Waals surface area contributed by atoms with Gasteiger partial charge >= 0.3 is 0 Å². The number of benzene rings is 1. The van der Waals surface area contributed by atoms with Crippen molar-refractivity contribution in [2.45, 2.75) is 104 Å². The molecule has 1 heteroatoms. The van der Waals surface area contributed by atoms with E-state index in [-0.39, 0.29) is 0 Å². The largest absolute Gasteiger partial charge is 0.385 e. The molecule has 0 bridgehead atoms. The molecule has 0 heterocycles. The number of rotatable bonds is 16. The van der Waals surface area contributed by atoms with Crippen molar-refractivity contribution in [1.82, 2.24) is 0 Å². The van der Waals surface area contributed by atoms with Crippen molar-refractivity contribution in [3.05, 3.63) is 29.8 Å². The highest BCUT2D eigenvalue weighted by molar-refractivity contribution is 5.45. The molecule has 24 heavy (non-hydrogen) atoms. The molecule has 0 atom stereocenters. The first kappa shape index (κ1) is 21.1. The molecule has 0 fully saturated rings. The number of hydrogen-bond donors (Lipinski definition) is 1. The molecule has 0 spiro atoms. The second kappa shape index (κ2) is 15.5. The quantitative estimate of drug-likeness (QED) is 0.304. The van der Waals surface area contributed by atoms with Crippen LogP contribution in [0.4, 0.5) is 5.69 Å². The Balaban J connectivity index is 1.76. The first-order chi connectivity index (χ1) is 11.8. The van der Waals surface area contributed by atoms with E-state index in [9.17, 15) is 0 Å². The van der Waals surface area contributed by atoms with Gasteiger partial charge in [-0.25, -0.2) is 0 Å². The molecule has 0 radical (unpaired) electrons. The summed E-state index contributed by atoms with van der Waals surface area (Å²) in [5.74, 6) is 0. The van der Waals surface area contributed by atoms with Gasteiger partial charge in [-0.3, -0.25) is 0 Å². The molecule has 0 saturated carbocycles. The molecule has 0 aliphatic rings. The molecule has 0 unspecified atom stereocenters. The second-order valence-electron chi connectivity index (χ2n) is 7.39. The van der Waals surface area contributed by atoms with Crippen LogP contribution in [0.5, 0.6) is 0 Å². The molecule has 0 aromatic heterocycles. The van der Waals surface area contributed by atoms with E-state index in [0.29, 0.717) is 0 Å². The van der Waals surface area contributed by atoms with Crippen LogP contribution in [0.1, 0.15) is 102 Å². The van der Waals surface area contributed by atoms with Crippen molar-refractivity contribution < 1.29 is 0 Å². The van der Waals surface area contributed by atoms with Gasteiger partial charge in [0, 0.05) is 12.2 Å². The Bertz CT molecular complexity index is 385. The number of nitrogens with one attached hydrogen (secondary N) is 1. The van der Waals surface area contributed by atoms with Gasteiger partial charge in [0.2, 0.25) is 0 Å². The molecule has 0 amide bonds. The number of anilines is 1. The highest BCUT2D eigenvalue weighted by atomic mass is 14.9. The number of unbranched alkanes of at least 4 members (excludes halogenated alkanes) is 13. The maximum atomic E-state index is 3.53. The highest BCUT2D eigenvalue weighted by Gasteiger charge is 1.95. The van der Waals surface area contributed by atoms with E-state index in [1.165, 1.54) is 101 Å². The van der Waals surface area contributed by atoms with E-state index >= 15 is 0 Å². The summed E-state index contributed by atoms with van der Waals surface area (Å²) in [6, 6.07) is 8.67. The first-order valence-corrected chi connectivity index (χ1v) is 10.6. The Kier molecular flexibility index (Phi) is 13.6. The van der Waals surface area contributed by atoms with E-state index in [1.807, 2.05) is 0 Å². The van der Waals surface area contributed by atoms with Crippen LogP contribution in [0.15, 0.2) is 24.3 Å². The van der Waals surface area contributed by atoms with Crippen LogP contribution in [0, 0.1) is 6.92 Å². The van der Waals surface area contributed by atoms with Gasteiger partial charge in [0.05, 0.1) is 0 Å². The predicted octanol–water partition coefficient (Wildman–Crippen LogP) is 7.89. The summed E-state index contributed by atoms with van der Waals surface area (Å²) in [6.45, 7) is 5.56. The molecular formula is C23H41N. The van der Waals surface area contributed by atoms with Gasteiger partial charge in [0.1, 0.15) is 0 Å². The molecule has 0 saturated heterocycles. The van der Waals surface area contributed by atoms with Gasteiger partial charge in [0.25, 0.3) is 0 Å². The van der Waals surface area contributed by atoms with Crippen molar-refractivity contribution in [3.63, 3.8) is 0 Å². The zero-order valence-corrected chi connectivity index (χ0v) is 16.4. The zero-order chi connectivity index (χ0) is 17.3. The Labute approximate surface area is 151 Å². The van der Waals surface area contributed by atoms with E-state index in [4.69, 9.17) is 0 Å². The number of aryl methyl sites for hydroxylation is 1. The van der Waals surface area contributed by atoms with E-state index in [2.05, 4.69) is 43.4 Å². The molecule has 0 aliphatic heterocycles. The summed E-state index contributed by atoms with van der Waals surface area (Å²) in [7, 11) is 0. The lowest BCUT2D eigenvalue weighted by Crippen LogP contribution is -2.01. The van der Waals surface area contributed by atoms with E-state index in [1.54, 1.807) is 0 Å². The Hall–Kier alpha value is -0.980. The van der Waals surface area contributed by atoms with Crippen LogP contribution in [0.3, 0.4) is 0 Å². The van der Waals surface area contributed by atoms with Crippen LogP contribution in [-0.4, -0.2) is 6.54 Å². The van der Waals surface area contributed by atoms with Gasteiger partial charge in [0.15, 0.2) is 0 Å². The molecule has 1 aromatic carbocycles. The summed E-state index contributed by atoms with van der Waals surface area (Å²) in [5.41, 5.74) is 2.60. The van der Waals surface area contributed by atoms with Crippen LogP contribution >= 0.6 is 0 Å². The predicted molar refractivity (Wildman–Crippen MR) is 110 cm³/mol. The second-order valence-corrected chi connectivity index (χ2v) is 7.39. The molecule has 1 nitrogen and oxygen atoms in total. The lowest BCUT2D eigenvalue weighted by Gasteiger charge is -2.07. The summed E-state index contributed by atoms with van der Waals surface area (Å²) in [4.78, 5) is 0. The fourth-order valence-corrected chi connectivity index (χ4v) is 3.31. The van der Waals surface area contributed by atoms with Crippen molar-refractivity contribution >= 4 is 5.69 Å². The monoisotopic (exact) mass is 331 g/mol. The Morgan fingerprint density at radius 1 is 0.667 bits per heavy atom. The van der Waals surface area contributed by atoms with Crippen molar-refractivity contribution in [1.29, 1.82) is 0 Å². The smallest absolute Gasteiger partial charge is 0.0342 e. The zero-order valence-electron chi connectivity index (χ0n) is 16.4. The summed E-state index contributed by atoms with van der Waals surface area (Å²) in [5, 5.41) is 3.53. The third kappa shape index (κ3) is 12.4. The standard InChI is InChI=1S/C23H41N/c1-3-4-5-6-7-8-9-10-11-12-13-14-15-16-20-24-23-19-17-18-22(2)21-23/h17-19,21,24H,3-16,20H2,1-2H3. The maximum absolute atomic E-state index is 3.53. The summed E-state index contributed by atoms with van der Waals surface area (Å²) in [6.07, 6.45) is 20.0. The minimum absolute atomic E-state index is 1.11. The van der Waals surface area contributed by atoms with Gasteiger partial charge in [-0.1, -0.05) is 103 Å². The van der Waals surface area contributed by atoms with Gasteiger partial charge < -0.3 is 5.32 Å². The van der Waals surface area contributed by atoms with Crippen LogP contribution < -0.4 is 5.32 Å². The van der Waals surface area contributed by atoms with Crippen molar-refractivity contribution in [2.75, 3.05) is 11.9 Å². The molecule has 1 N–H and O–H groups in total. The van der Waals surface area contributed by atoms with Crippen molar-refractivity contribution in [3.8, 4) is 0 Å². The van der Waals surface area contributed by atoms with Crippen LogP contribution in [0.25, 0.3) is 0 Å². The Morgan fingerprint density at radius 3 is 1.67 bits per heavy atom. The molecule has 1 aromatic rings. The minimum Gasteiger partial charge on any atom is -0.385 e. The highest BCUT2D eigenvalue weighted by Crippen LogP contribution is 2.13. The van der Waals surface area contributed by atoms with Crippen molar-refractivity contribution in [2.24, 2.45) is 0 Å². The third-order valence-corrected chi connectivity index (χ3v) is 4.88. The SMILES string of the molecule is CCCCCCCCCCCCCCCCNc1cccc(C)c1. The fraction of sp³-hybridized carbons (Fsp3) is 0.739. The topological polar surface area (TPSA) is 12.0 Å². The van der Waals surface area contributed by atoms with E-state index in [0.717, 1.165) is 6.54 Å². The van der Waals surface area contributed by atoms with Gasteiger partial charge in [-0.05, 0) is 31.0 Å². The van der Waals surface area contributed by atoms with Crippen LogP contribution in [-0.2, 0) is 0 Å². The molecule has 138 valence electrons. The fourth-order valence-electron chi connectivity index (χ4n) is 3.31. The normalized spacial score (nSPS) is 10.9. The Morgan fingerprint density at radius 2 is 1.17 bits per heavy atom. The lowest BCUT2D eigenvalue weighted by molar-refractivity contribution is 0.537. The average molecular weight is 332 g/mol. The summed E-state index contributed by atoms with van der Waals surface area (Å²) >= 11 is 0. The average Bonchev–Trinajstić information content (AvgIpc) is 2.58. The summed E-state index contributed by atoms with van der Waals surface area (Å²) < 4.78 is 0. The molecule has 0 aliphatic carbocycles. The van der Waals surface area contributed by atoms with Crippen LogP contribution in [0.2, 0.25) is 0 Å². The molecular weight excluding hydrogens is 290 g/mol. The number of hydrogen-bond acceptors (Lipinski definition) is 1. The first-order valence-electron chi connectivity index (χ1n) is 10.6. The molecule has 1 rings (SSSR count). The van der Waals surface area contributed by atoms with Gasteiger partial charge in [-0.2, -0.15) is 0 Å². The maximum Gasteiger partial charge on any atom is 0.0342 e. The minimum atomic E-state index is 1.11. The third-order valence-electron chi connectivity index (χ3n) is 4.88. The van der Waals surface area contributed by atoms with Gasteiger partial charge in [-0.15, -0.1) is 0 Å².